The Morgan fingerprint density at radius 2 is 2.41 bits per heavy atom. The molecule has 0 radical (unpaired) electrons. The van der Waals surface area contributed by atoms with Crippen LogP contribution in [0.25, 0.3) is 0 Å². The lowest BCUT2D eigenvalue weighted by Crippen LogP contribution is -2.17. The fourth-order valence-corrected chi connectivity index (χ4v) is 1.91. The summed E-state index contributed by atoms with van der Waals surface area (Å²) in [5.41, 5.74) is 0.821. The van der Waals surface area contributed by atoms with Crippen molar-refractivity contribution >= 4 is 23.4 Å². The number of nitrogens with one attached hydrogen (secondary N) is 1. The molecule has 2 rings (SSSR count). The molecule has 1 aromatic carbocycles. The second kappa shape index (κ2) is 5.54. The van der Waals surface area contributed by atoms with Crippen molar-refractivity contribution in [1.29, 1.82) is 0 Å². The van der Waals surface area contributed by atoms with Crippen molar-refractivity contribution in [1.82, 2.24) is 9.55 Å². The molecule has 1 N–H and O–H groups in total. The van der Waals surface area contributed by atoms with Gasteiger partial charge in [0.15, 0.2) is 0 Å². The quantitative estimate of drug-likeness (QED) is 0.843. The maximum absolute atomic E-state index is 11.7. The highest BCUT2D eigenvalue weighted by atomic mass is 32.2. The maximum atomic E-state index is 11.7. The standard InChI is InChI=1S/C12H13N3OS/c1-17-11-4-2-3-10(7-11)14-12(16)8-15-6-5-13-9-15/h2-7,9H,8H2,1H3,(H,14,16). The summed E-state index contributed by atoms with van der Waals surface area (Å²) in [5, 5.41) is 2.85. The SMILES string of the molecule is CSc1cccc(NC(=O)Cn2ccnc2)c1. The average molecular weight is 247 g/mol. The molecule has 5 heteroatoms. The molecule has 0 bridgehead atoms. The van der Waals surface area contributed by atoms with Gasteiger partial charge in [0, 0.05) is 23.0 Å². The Balaban J connectivity index is 1.98. The first kappa shape index (κ1) is 11.7. The highest BCUT2D eigenvalue weighted by Gasteiger charge is 2.03. The third kappa shape index (κ3) is 3.35. The third-order valence-corrected chi connectivity index (χ3v) is 2.96. The number of thioether (sulfide) groups is 1. The van der Waals surface area contributed by atoms with Crippen LogP contribution in [0.1, 0.15) is 0 Å². The van der Waals surface area contributed by atoms with E-state index in [0.29, 0.717) is 0 Å². The molecule has 0 atom stereocenters. The van der Waals surface area contributed by atoms with Crippen LogP contribution in [-0.2, 0) is 11.3 Å². The van der Waals surface area contributed by atoms with Gasteiger partial charge in [-0.25, -0.2) is 4.98 Å². The molecule has 17 heavy (non-hydrogen) atoms. The van der Waals surface area contributed by atoms with Gasteiger partial charge >= 0.3 is 0 Å². The summed E-state index contributed by atoms with van der Waals surface area (Å²) >= 11 is 1.65. The van der Waals surface area contributed by atoms with E-state index in [1.807, 2.05) is 30.5 Å². The maximum Gasteiger partial charge on any atom is 0.244 e. The topological polar surface area (TPSA) is 46.9 Å². The lowest BCUT2D eigenvalue weighted by atomic mass is 10.3. The minimum absolute atomic E-state index is 0.0544. The summed E-state index contributed by atoms with van der Waals surface area (Å²) in [4.78, 5) is 16.7. The third-order valence-electron chi connectivity index (χ3n) is 2.24. The van der Waals surface area contributed by atoms with Gasteiger partial charge in [-0.3, -0.25) is 4.79 Å². The average Bonchev–Trinajstić information content (AvgIpc) is 2.82. The summed E-state index contributed by atoms with van der Waals surface area (Å²) in [6.45, 7) is 0.281. The summed E-state index contributed by atoms with van der Waals surface area (Å²) in [6, 6.07) is 7.77. The number of imidazole rings is 1. The zero-order valence-corrected chi connectivity index (χ0v) is 10.3. The molecular formula is C12H13N3OS. The number of anilines is 1. The lowest BCUT2D eigenvalue weighted by molar-refractivity contribution is -0.116. The normalized spacial score (nSPS) is 10.2. The Bertz CT molecular complexity index is 496. The molecular weight excluding hydrogens is 234 g/mol. The minimum Gasteiger partial charge on any atom is -0.328 e. The van der Waals surface area contributed by atoms with Gasteiger partial charge in [-0.15, -0.1) is 11.8 Å². The van der Waals surface area contributed by atoms with Crippen molar-refractivity contribution in [3.63, 3.8) is 0 Å². The van der Waals surface area contributed by atoms with E-state index in [2.05, 4.69) is 10.3 Å². The molecule has 0 saturated carbocycles. The lowest BCUT2D eigenvalue weighted by Gasteiger charge is -2.06. The molecule has 1 heterocycles. The highest BCUT2D eigenvalue weighted by Crippen LogP contribution is 2.18. The molecule has 0 saturated heterocycles. The molecule has 0 unspecified atom stereocenters. The van der Waals surface area contributed by atoms with Crippen molar-refractivity contribution in [2.45, 2.75) is 11.4 Å². The molecule has 0 aliphatic rings. The number of hydrogen-bond acceptors (Lipinski definition) is 3. The zero-order chi connectivity index (χ0) is 12.1. The number of carbonyl (C=O) groups excluding carboxylic acids is 1. The molecule has 4 nitrogen and oxygen atoms in total. The molecule has 1 amide bonds. The van der Waals surface area contributed by atoms with E-state index in [9.17, 15) is 4.79 Å². The fourth-order valence-electron chi connectivity index (χ4n) is 1.45. The molecule has 0 fully saturated rings. The van der Waals surface area contributed by atoms with Gasteiger partial charge in [-0.05, 0) is 24.5 Å². The van der Waals surface area contributed by atoms with E-state index in [0.717, 1.165) is 10.6 Å². The van der Waals surface area contributed by atoms with E-state index in [1.54, 1.807) is 35.0 Å². The first-order chi connectivity index (χ1) is 8.28. The summed E-state index contributed by atoms with van der Waals surface area (Å²) in [5.74, 6) is -0.0544. The van der Waals surface area contributed by atoms with Crippen LogP contribution in [0, 0.1) is 0 Å². The minimum atomic E-state index is -0.0544. The predicted octanol–water partition coefficient (Wildman–Crippen LogP) is 2.24. The Hall–Kier alpha value is -1.75. The van der Waals surface area contributed by atoms with Crippen molar-refractivity contribution in [2.75, 3.05) is 11.6 Å². The van der Waals surface area contributed by atoms with Crippen LogP contribution in [0.5, 0.6) is 0 Å². The molecule has 88 valence electrons. The van der Waals surface area contributed by atoms with Gasteiger partial charge in [0.1, 0.15) is 6.54 Å². The number of carbonyl (C=O) groups is 1. The number of rotatable bonds is 4. The van der Waals surface area contributed by atoms with Gasteiger partial charge in [-0.1, -0.05) is 6.07 Å². The fraction of sp³-hybridized carbons (Fsp3) is 0.167. The first-order valence-corrected chi connectivity index (χ1v) is 6.40. The molecule has 1 aromatic heterocycles. The Kier molecular flexibility index (Phi) is 3.82. The van der Waals surface area contributed by atoms with Crippen molar-refractivity contribution in [2.24, 2.45) is 0 Å². The van der Waals surface area contributed by atoms with Gasteiger partial charge in [0.25, 0.3) is 0 Å². The monoisotopic (exact) mass is 247 g/mol. The highest BCUT2D eigenvalue weighted by molar-refractivity contribution is 7.98. The first-order valence-electron chi connectivity index (χ1n) is 5.17. The van der Waals surface area contributed by atoms with Crippen molar-refractivity contribution in [3.05, 3.63) is 43.0 Å². The van der Waals surface area contributed by atoms with Gasteiger partial charge < -0.3 is 9.88 Å². The summed E-state index contributed by atoms with van der Waals surface area (Å²) < 4.78 is 1.73. The Morgan fingerprint density at radius 3 is 3.12 bits per heavy atom. The van der Waals surface area contributed by atoms with Crippen LogP contribution in [0.2, 0.25) is 0 Å². The van der Waals surface area contributed by atoms with Crippen molar-refractivity contribution in [3.8, 4) is 0 Å². The second-order valence-corrected chi connectivity index (χ2v) is 4.39. The number of benzene rings is 1. The Morgan fingerprint density at radius 1 is 1.53 bits per heavy atom. The van der Waals surface area contributed by atoms with Gasteiger partial charge in [-0.2, -0.15) is 0 Å². The van der Waals surface area contributed by atoms with Gasteiger partial charge in [0.05, 0.1) is 6.33 Å². The zero-order valence-electron chi connectivity index (χ0n) is 9.46. The van der Waals surface area contributed by atoms with Crippen LogP contribution >= 0.6 is 11.8 Å². The number of hydrogen-bond donors (Lipinski definition) is 1. The van der Waals surface area contributed by atoms with Gasteiger partial charge in [0.2, 0.25) is 5.91 Å². The summed E-state index contributed by atoms with van der Waals surface area (Å²) in [7, 11) is 0. The largest absolute Gasteiger partial charge is 0.328 e. The number of amides is 1. The van der Waals surface area contributed by atoms with E-state index < -0.39 is 0 Å². The van der Waals surface area contributed by atoms with Crippen LogP contribution in [0.3, 0.4) is 0 Å². The van der Waals surface area contributed by atoms with Crippen LogP contribution in [0.15, 0.2) is 47.9 Å². The Labute approximate surface area is 104 Å². The van der Waals surface area contributed by atoms with Crippen LogP contribution < -0.4 is 5.32 Å². The van der Waals surface area contributed by atoms with Crippen molar-refractivity contribution < 1.29 is 4.79 Å². The molecule has 0 aliphatic heterocycles. The molecule has 2 aromatic rings. The summed E-state index contributed by atoms with van der Waals surface area (Å²) in [6.07, 6.45) is 7.05. The number of aromatic nitrogens is 2. The van der Waals surface area contributed by atoms with Crippen LogP contribution in [-0.4, -0.2) is 21.7 Å². The van der Waals surface area contributed by atoms with E-state index in [-0.39, 0.29) is 12.5 Å². The van der Waals surface area contributed by atoms with Crippen LogP contribution in [0.4, 0.5) is 5.69 Å². The molecule has 0 aliphatic carbocycles. The smallest absolute Gasteiger partial charge is 0.244 e. The van der Waals surface area contributed by atoms with E-state index in [1.165, 1.54) is 0 Å². The molecule has 0 spiro atoms. The second-order valence-electron chi connectivity index (χ2n) is 3.52. The number of nitrogens with zero attached hydrogens (tertiary/aromatic N) is 2. The van der Waals surface area contributed by atoms with E-state index in [4.69, 9.17) is 0 Å². The van der Waals surface area contributed by atoms with E-state index >= 15 is 0 Å². The predicted molar refractivity (Wildman–Crippen MR) is 69.1 cm³/mol.